The van der Waals surface area contributed by atoms with Gasteiger partial charge in [0, 0.05) is 12.0 Å². The summed E-state index contributed by atoms with van der Waals surface area (Å²) in [4.78, 5) is 24.1. The van der Waals surface area contributed by atoms with E-state index >= 15 is 0 Å². The number of primary amides is 1. The first kappa shape index (κ1) is 24.3. The Morgan fingerprint density at radius 3 is 2.00 bits per heavy atom. The van der Waals surface area contributed by atoms with Crippen molar-refractivity contribution in [2.75, 3.05) is 7.11 Å². The van der Waals surface area contributed by atoms with Crippen LogP contribution in [0.3, 0.4) is 0 Å². The highest BCUT2D eigenvalue weighted by Crippen LogP contribution is 2.36. The van der Waals surface area contributed by atoms with Gasteiger partial charge in [0.05, 0.1) is 23.3 Å². The molecule has 168 valence electrons. The van der Waals surface area contributed by atoms with Crippen LogP contribution in [0.1, 0.15) is 27.0 Å². The van der Waals surface area contributed by atoms with Crippen molar-refractivity contribution >= 4 is 23.4 Å². The summed E-state index contributed by atoms with van der Waals surface area (Å²) in [6, 6.07) is 3.36. The number of ether oxygens (including phenoxy) is 1. The molecule has 0 spiro atoms. The van der Waals surface area contributed by atoms with Crippen LogP contribution in [0.5, 0.6) is 5.75 Å². The number of hydrogen-bond donors (Lipinski definition) is 2. The summed E-state index contributed by atoms with van der Waals surface area (Å²) in [7, 11) is 1.37. The number of nitrogens with two attached hydrogens (primary N) is 1. The van der Waals surface area contributed by atoms with Crippen LogP contribution in [-0.2, 0) is 23.6 Å². The summed E-state index contributed by atoms with van der Waals surface area (Å²) in [6.07, 6.45) is -10.5. The van der Waals surface area contributed by atoms with Crippen molar-refractivity contribution in [2.24, 2.45) is 5.73 Å². The second-order valence-corrected chi connectivity index (χ2v) is 6.80. The standard InChI is InChI=1S/C19H15ClF6N2O3/c1-31-15-3-2-9(4-13(15)20)5-14(16(27)29)28-17(30)10-6-11(18(21,22)23)8-12(7-10)19(24,25)26/h2-4,6-8,14H,5H2,1H3,(H2,27,29)(H,28,30)/t14-/m1/s1. The molecule has 5 nitrogen and oxygen atoms in total. The Balaban J connectivity index is 2.34. The van der Waals surface area contributed by atoms with Gasteiger partial charge < -0.3 is 15.8 Å². The molecule has 0 saturated carbocycles. The zero-order chi connectivity index (χ0) is 23.6. The lowest BCUT2D eigenvalue weighted by Gasteiger charge is -2.18. The van der Waals surface area contributed by atoms with Gasteiger partial charge in [0.25, 0.3) is 5.91 Å². The molecule has 2 aromatic rings. The maximum absolute atomic E-state index is 13.0. The summed E-state index contributed by atoms with van der Waals surface area (Å²) in [6.45, 7) is 0. The van der Waals surface area contributed by atoms with Gasteiger partial charge in [0.2, 0.25) is 5.91 Å². The molecule has 0 aliphatic rings. The number of nitrogens with one attached hydrogen (secondary N) is 1. The molecule has 2 rings (SSSR count). The minimum absolute atomic E-state index is 0.109. The molecule has 2 aromatic carbocycles. The minimum Gasteiger partial charge on any atom is -0.495 e. The highest BCUT2D eigenvalue weighted by Gasteiger charge is 2.37. The molecule has 0 radical (unpaired) electrons. The molecular weight excluding hydrogens is 454 g/mol. The number of amides is 2. The fourth-order valence-corrected chi connectivity index (χ4v) is 2.90. The second kappa shape index (κ2) is 9.04. The molecule has 31 heavy (non-hydrogen) atoms. The maximum atomic E-state index is 13.0. The van der Waals surface area contributed by atoms with Crippen molar-refractivity contribution in [3.05, 3.63) is 63.7 Å². The summed E-state index contributed by atoms with van der Waals surface area (Å²) in [5.74, 6) is -2.06. The van der Waals surface area contributed by atoms with Gasteiger partial charge in [-0.05, 0) is 35.9 Å². The largest absolute Gasteiger partial charge is 0.495 e. The molecule has 2 amide bonds. The van der Waals surface area contributed by atoms with Crippen LogP contribution < -0.4 is 15.8 Å². The van der Waals surface area contributed by atoms with Gasteiger partial charge in [0.15, 0.2) is 0 Å². The highest BCUT2D eigenvalue weighted by atomic mass is 35.5. The van der Waals surface area contributed by atoms with Gasteiger partial charge >= 0.3 is 12.4 Å². The first-order valence-corrected chi connectivity index (χ1v) is 8.82. The summed E-state index contributed by atoms with van der Waals surface area (Å²) >= 11 is 5.97. The van der Waals surface area contributed by atoms with Gasteiger partial charge in [-0.25, -0.2) is 0 Å². The van der Waals surface area contributed by atoms with E-state index in [-0.39, 0.29) is 29.6 Å². The van der Waals surface area contributed by atoms with Crippen molar-refractivity contribution in [3.63, 3.8) is 0 Å². The minimum atomic E-state index is -5.13. The van der Waals surface area contributed by atoms with Crippen LogP contribution >= 0.6 is 11.6 Å². The Bertz CT molecular complexity index is 959. The monoisotopic (exact) mass is 468 g/mol. The SMILES string of the molecule is COc1ccc(C[C@@H](NC(=O)c2cc(C(F)(F)F)cc(C(F)(F)F)c2)C(N)=O)cc1Cl. The fraction of sp³-hybridized carbons (Fsp3) is 0.263. The summed E-state index contributed by atoms with van der Waals surface area (Å²) in [5.41, 5.74) is 1.39. The van der Waals surface area contributed by atoms with E-state index in [1.54, 1.807) is 0 Å². The summed E-state index contributed by atoms with van der Waals surface area (Å²) in [5, 5.41) is 2.25. The normalized spacial score (nSPS) is 12.9. The van der Waals surface area contributed by atoms with E-state index in [2.05, 4.69) is 5.32 Å². The van der Waals surface area contributed by atoms with Gasteiger partial charge in [0.1, 0.15) is 11.8 Å². The third-order valence-electron chi connectivity index (χ3n) is 4.15. The summed E-state index contributed by atoms with van der Waals surface area (Å²) < 4.78 is 82.9. The van der Waals surface area contributed by atoms with E-state index in [1.165, 1.54) is 25.3 Å². The molecule has 3 N–H and O–H groups in total. The maximum Gasteiger partial charge on any atom is 0.416 e. The van der Waals surface area contributed by atoms with Crippen molar-refractivity contribution < 1.29 is 40.7 Å². The van der Waals surface area contributed by atoms with Gasteiger partial charge in [-0.3, -0.25) is 9.59 Å². The molecule has 0 heterocycles. The topological polar surface area (TPSA) is 81.4 Å². The zero-order valence-corrected chi connectivity index (χ0v) is 16.5. The van der Waals surface area contributed by atoms with Gasteiger partial charge in [-0.2, -0.15) is 26.3 Å². The van der Waals surface area contributed by atoms with E-state index in [0.29, 0.717) is 11.3 Å². The predicted molar refractivity (Wildman–Crippen MR) is 98.6 cm³/mol. The highest BCUT2D eigenvalue weighted by molar-refractivity contribution is 6.32. The average molecular weight is 469 g/mol. The number of benzene rings is 2. The number of rotatable bonds is 6. The zero-order valence-electron chi connectivity index (χ0n) is 15.7. The van der Waals surface area contributed by atoms with Crippen LogP contribution in [0.25, 0.3) is 0 Å². The molecule has 0 fully saturated rings. The Labute approximate surface area is 177 Å². The van der Waals surface area contributed by atoms with Crippen molar-refractivity contribution in [1.29, 1.82) is 0 Å². The molecule has 0 aliphatic carbocycles. The Morgan fingerprint density at radius 1 is 1.03 bits per heavy atom. The molecule has 0 saturated heterocycles. The van der Waals surface area contributed by atoms with Crippen LogP contribution in [0, 0.1) is 0 Å². The third kappa shape index (κ3) is 6.27. The van der Waals surface area contributed by atoms with Crippen LogP contribution in [0.2, 0.25) is 5.02 Å². The van der Waals surface area contributed by atoms with Crippen molar-refractivity contribution in [1.82, 2.24) is 5.32 Å². The van der Waals surface area contributed by atoms with Crippen molar-refractivity contribution in [3.8, 4) is 5.75 Å². The van der Waals surface area contributed by atoms with Gasteiger partial charge in [-0.15, -0.1) is 0 Å². The molecule has 0 aliphatic heterocycles. The average Bonchev–Trinajstić information content (AvgIpc) is 2.65. The Morgan fingerprint density at radius 2 is 1.58 bits per heavy atom. The van der Waals surface area contributed by atoms with Crippen LogP contribution in [-0.4, -0.2) is 25.0 Å². The van der Waals surface area contributed by atoms with E-state index in [9.17, 15) is 35.9 Å². The number of hydrogen-bond acceptors (Lipinski definition) is 3. The first-order chi connectivity index (χ1) is 14.2. The van der Waals surface area contributed by atoms with Gasteiger partial charge in [-0.1, -0.05) is 17.7 Å². The number of carbonyl (C=O) groups is 2. The molecule has 0 unspecified atom stereocenters. The molecule has 0 aromatic heterocycles. The smallest absolute Gasteiger partial charge is 0.416 e. The van der Waals surface area contributed by atoms with E-state index in [1.807, 2.05) is 0 Å². The van der Waals surface area contributed by atoms with Crippen LogP contribution in [0.4, 0.5) is 26.3 Å². The Hall–Kier alpha value is -2.95. The van der Waals surface area contributed by atoms with E-state index < -0.39 is 46.9 Å². The number of methoxy groups -OCH3 is 1. The second-order valence-electron chi connectivity index (χ2n) is 6.40. The molecule has 0 bridgehead atoms. The lowest BCUT2D eigenvalue weighted by molar-refractivity contribution is -0.143. The molecular formula is C19H15ClF6N2O3. The fourth-order valence-electron chi connectivity index (χ4n) is 2.62. The number of halogens is 7. The van der Waals surface area contributed by atoms with E-state index in [4.69, 9.17) is 22.1 Å². The van der Waals surface area contributed by atoms with Crippen LogP contribution in [0.15, 0.2) is 36.4 Å². The molecule has 12 heteroatoms. The lowest BCUT2D eigenvalue weighted by Crippen LogP contribution is -2.46. The lowest BCUT2D eigenvalue weighted by atomic mass is 10.0. The first-order valence-electron chi connectivity index (χ1n) is 8.44. The number of alkyl halides is 6. The quantitative estimate of drug-likeness (QED) is 0.623. The predicted octanol–water partition coefficient (Wildman–Crippen LogP) is 4.21. The third-order valence-corrected chi connectivity index (χ3v) is 4.45. The Kier molecular flexibility index (Phi) is 7.10. The molecule has 1 atom stereocenters. The van der Waals surface area contributed by atoms with Crippen molar-refractivity contribution in [2.45, 2.75) is 24.8 Å². The number of carbonyl (C=O) groups excluding carboxylic acids is 2. The van der Waals surface area contributed by atoms with E-state index in [0.717, 1.165) is 0 Å².